The minimum atomic E-state index is -3.96. The van der Waals surface area contributed by atoms with E-state index in [1.165, 1.54) is 35.4 Å². The first kappa shape index (κ1) is 17.8. The minimum Gasteiger partial charge on any atom is -0.323 e. The second-order valence-electron chi connectivity index (χ2n) is 4.61. The fourth-order valence-electron chi connectivity index (χ4n) is 2.00. The lowest BCUT2D eigenvalue weighted by Crippen LogP contribution is -2.34. The first-order valence-corrected chi connectivity index (χ1v) is 9.10. The summed E-state index contributed by atoms with van der Waals surface area (Å²) in [4.78, 5) is 13.6. The molecule has 0 saturated carbocycles. The van der Waals surface area contributed by atoms with Crippen LogP contribution < -0.4 is 0 Å². The van der Waals surface area contributed by atoms with Gasteiger partial charge < -0.3 is 4.90 Å². The molecule has 0 radical (unpaired) electrons. The molecule has 1 aromatic carbocycles. The van der Waals surface area contributed by atoms with Gasteiger partial charge in [0.1, 0.15) is 0 Å². The van der Waals surface area contributed by atoms with Crippen LogP contribution in [0.4, 0.5) is 4.79 Å². The van der Waals surface area contributed by atoms with Crippen LogP contribution >= 0.6 is 23.2 Å². The van der Waals surface area contributed by atoms with Crippen molar-refractivity contribution < 1.29 is 13.2 Å². The lowest BCUT2D eigenvalue weighted by Gasteiger charge is -2.17. The van der Waals surface area contributed by atoms with Crippen LogP contribution in [0.25, 0.3) is 0 Å². The van der Waals surface area contributed by atoms with Crippen molar-refractivity contribution in [3.8, 4) is 0 Å². The molecule has 0 fully saturated rings. The molecule has 0 aliphatic carbocycles. The molecule has 0 bridgehead atoms. The SMILES string of the molecule is CCN(CC)C(=O)n1ccc(S(=O)(=O)c2cccc(Cl)c2Cl)n1. The highest BCUT2D eigenvalue weighted by Gasteiger charge is 2.26. The Morgan fingerprint density at radius 2 is 1.87 bits per heavy atom. The Kier molecular flexibility index (Phi) is 5.33. The summed E-state index contributed by atoms with van der Waals surface area (Å²) in [6, 6.07) is 5.18. The Labute approximate surface area is 144 Å². The van der Waals surface area contributed by atoms with E-state index in [0.717, 1.165) is 4.68 Å². The standard InChI is InChI=1S/C14H15Cl2N3O3S/c1-3-18(4-2)14(20)19-9-8-12(17-19)23(21,22)11-7-5-6-10(15)13(11)16/h5-9H,3-4H2,1-2H3. The minimum absolute atomic E-state index is 0.0706. The Bertz CT molecular complexity index is 830. The van der Waals surface area contributed by atoms with E-state index in [4.69, 9.17) is 23.2 Å². The number of nitrogens with zero attached hydrogens (tertiary/aromatic N) is 3. The van der Waals surface area contributed by atoms with Crippen molar-refractivity contribution >= 4 is 39.1 Å². The van der Waals surface area contributed by atoms with Crippen LogP contribution in [-0.4, -0.2) is 42.2 Å². The van der Waals surface area contributed by atoms with E-state index >= 15 is 0 Å². The van der Waals surface area contributed by atoms with Crippen molar-refractivity contribution in [3.63, 3.8) is 0 Å². The van der Waals surface area contributed by atoms with Gasteiger partial charge in [-0.25, -0.2) is 13.2 Å². The molecule has 0 spiro atoms. The summed E-state index contributed by atoms with van der Waals surface area (Å²) in [5.41, 5.74) is 0. The third kappa shape index (κ3) is 3.36. The molecule has 0 atom stereocenters. The third-order valence-electron chi connectivity index (χ3n) is 3.28. The summed E-state index contributed by atoms with van der Waals surface area (Å²) in [7, 11) is -3.96. The van der Waals surface area contributed by atoms with Crippen LogP contribution in [0.5, 0.6) is 0 Å². The van der Waals surface area contributed by atoms with Gasteiger partial charge in [0.25, 0.3) is 0 Å². The Morgan fingerprint density at radius 3 is 2.48 bits per heavy atom. The average molecular weight is 376 g/mol. The van der Waals surface area contributed by atoms with E-state index < -0.39 is 15.9 Å². The number of hydrogen-bond acceptors (Lipinski definition) is 4. The second-order valence-corrected chi connectivity index (χ2v) is 7.26. The number of amides is 1. The molecule has 23 heavy (non-hydrogen) atoms. The maximum atomic E-state index is 12.6. The Hall–Kier alpha value is -1.57. The van der Waals surface area contributed by atoms with E-state index in [-0.39, 0.29) is 20.0 Å². The Balaban J connectivity index is 2.43. The molecule has 1 amide bonds. The lowest BCUT2D eigenvalue weighted by molar-refractivity contribution is 0.201. The number of carbonyl (C=O) groups is 1. The topological polar surface area (TPSA) is 72.3 Å². The molecular weight excluding hydrogens is 361 g/mol. The lowest BCUT2D eigenvalue weighted by atomic mass is 10.4. The van der Waals surface area contributed by atoms with Crippen LogP contribution in [-0.2, 0) is 9.84 Å². The molecule has 2 aromatic rings. The Morgan fingerprint density at radius 1 is 1.22 bits per heavy atom. The number of benzene rings is 1. The van der Waals surface area contributed by atoms with Crippen molar-refractivity contribution in [2.75, 3.05) is 13.1 Å². The van der Waals surface area contributed by atoms with E-state index in [9.17, 15) is 13.2 Å². The van der Waals surface area contributed by atoms with Gasteiger partial charge >= 0.3 is 6.03 Å². The van der Waals surface area contributed by atoms with Crippen molar-refractivity contribution in [2.45, 2.75) is 23.8 Å². The molecule has 0 unspecified atom stereocenters. The summed E-state index contributed by atoms with van der Waals surface area (Å²) < 4.78 is 26.2. The fourth-order valence-corrected chi connectivity index (χ4v) is 3.93. The number of halogens is 2. The molecule has 0 aliphatic rings. The summed E-state index contributed by atoms with van der Waals surface area (Å²) in [6.07, 6.45) is 1.31. The molecule has 0 N–H and O–H groups in total. The monoisotopic (exact) mass is 375 g/mol. The summed E-state index contributed by atoms with van der Waals surface area (Å²) in [5, 5.41) is 3.68. The molecule has 2 rings (SSSR count). The number of carbonyl (C=O) groups excluding carboxylic acids is 1. The molecule has 124 valence electrons. The first-order chi connectivity index (χ1) is 10.8. The highest BCUT2D eigenvalue weighted by atomic mass is 35.5. The van der Waals surface area contributed by atoms with Crippen LogP contribution in [0.3, 0.4) is 0 Å². The average Bonchev–Trinajstić information content (AvgIpc) is 3.01. The quantitative estimate of drug-likeness (QED) is 0.821. The first-order valence-electron chi connectivity index (χ1n) is 6.87. The molecule has 0 saturated heterocycles. The zero-order valence-corrected chi connectivity index (χ0v) is 14.9. The smallest absolute Gasteiger partial charge is 0.323 e. The summed E-state index contributed by atoms with van der Waals surface area (Å²) in [5.74, 6) is 0. The maximum Gasteiger partial charge on any atom is 0.344 e. The van der Waals surface area contributed by atoms with E-state index in [2.05, 4.69) is 5.10 Å². The van der Waals surface area contributed by atoms with Crippen LogP contribution in [0.1, 0.15) is 13.8 Å². The van der Waals surface area contributed by atoms with Gasteiger partial charge in [0.15, 0.2) is 5.03 Å². The summed E-state index contributed by atoms with van der Waals surface area (Å²) in [6.45, 7) is 4.65. The van der Waals surface area contributed by atoms with Crippen LogP contribution in [0.15, 0.2) is 40.4 Å². The highest BCUT2D eigenvalue weighted by molar-refractivity contribution is 7.91. The van der Waals surface area contributed by atoms with E-state index in [1.54, 1.807) is 0 Å². The molecular formula is C14H15Cl2N3O3S. The largest absolute Gasteiger partial charge is 0.344 e. The molecule has 0 aliphatic heterocycles. The third-order valence-corrected chi connectivity index (χ3v) is 5.89. The van der Waals surface area contributed by atoms with Gasteiger partial charge in [-0.3, -0.25) is 0 Å². The van der Waals surface area contributed by atoms with E-state index in [1.807, 2.05) is 13.8 Å². The number of aromatic nitrogens is 2. The normalized spacial score (nSPS) is 11.5. The van der Waals surface area contributed by atoms with Gasteiger partial charge in [-0.1, -0.05) is 29.3 Å². The van der Waals surface area contributed by atoms with Crippen molar-refractivity contribution in [1.29, 1.82) is 0 Å². The van der Waals surface area contributed by atoms with Gasteiger partial charge in [0.05, 0.1) is 14.9 Å². The van der Waals surface area contributed by atoms with E-state index in [0.29, 0.717) is 13.1 Å². The zero-order valence-electron chi connectivity index (χ0n) is 12.5. The predicted molar refractivity (Wildman–Crippen MR) is 87.9 cm³/mol. The fraction of sp³-hybridized carbons (Fsp3) is 0.286. The predicted octanol–water partition coefficient (Wildman–Crippen LogP) is 3.33. The van der Waals surface area contributed by atoms with Crippen LogP contribution in [0, 0.1) is 0 Å². The van der Waals surface area contributed by atoms with Crippen LogP contribution in [0.2, 0.25) is 10.0 Å². The molecule has 6 nitrogen and oxygen atoms in total. The molecule has 1 heterocycles. The number of rotatable bonds is 4. The highest BCUT2D eigenvalue weighted by Crippen LogP contribution is 2.32. The van der Waals surface area contributed by atoms with Gasteiger partial charge in [-0.15, -0.1) is 0 Å². The van der Waals surface area contributed by atoms with Crippen molar-refractivity contribution in [3.05, 3.63) is 40.5 Å². The summed E-state index contributed by atoms with van der Waals surface area (Å²) >= 11 is 11.8. The van der Waals surface area contributed by atoms with Crippen molar-refractivity contribution in [2.24, 2.45) is 0 Å². The van der Waals surface area contributed by atoms with Gasteiger partial charge in [0.2, 0.25) is 9.84 Å². The van der Waals surface area contributed by atoms with Crippen molar-refractivity contribution in [1.82, 2.24) is 14.7 Å². The second kappa shape index (κ2) is 6.90. The maximum absolute atomic E-state index is 12.6. The molecule has 1 aromatic heterocycles. The number of sulfone groups is 1. The number of hydrogen-bond donors (Lipinski definition) is 0. The van der Waals surface area contributed by atoms with Gasteiger partial charge in [0, 0.05) is 19.3 Å². The van der Waals surface area contributed by atoms with Gasteiger partial charge in [-0.2, -0.15) is 9.78 Å². The van der Waals surface area contributed by atoms with Gasteiger partial charge in [-0.05, 0) is 32.0 Å². The molecule has 9 heteroatoms. The zero-order chi connectivity index (χ0) is 17.2.